The number of anilines is 2. The van der Waals surface area contributed by atoms with E-state index in [-0.39, 0.29) is 0 Å². The van der Waals surface area contributed by atoms with Crippen molar-refractivity contribution in [2.75, 3.05) is 36.9 Å². The summed E-state index contributed by atoms with van der Waals surface area (Å²) in [5.74, 6) is 1.51. The second-order valence-electron chi connectivity index (χ2n) is 7.62. The van der Waals surface area contributed by atoms with Gasteiger partial charge in [-0.3, -0.25) is 0 Å². The topological polar surface area (TPSA) is 88.1 Å². The van der Waals surface area contributed by atoms with Crippen LogP contribution in [0.2, 0.25) is 0 Å². The minimum Gasteiger partial charge on any atom is -0.398 e. The van der Waals surface area contributed by atoms with Crippen LogP contribution in [-0.2, 0) is 4.74 Å². The smallest absolute Gasteiger partial charge is 0.162 e. The number of morpholine rings is 1. The Hall–Kier alpha value is -3.29. The molecule has 2 aromatic carbocycles. The van der Waals surface area contributed by atoms with Gasteiger partial charge in [-0.25, -0.2) is 9.97 Å². The molecule has 0 aliphatic carbocycles. The third kappa shape index (κ3) is 3.66. The largest absolute Gasteiger partial charge is 0.398 e. The molecule has 0 radical (unpaired) electrons. The first-order valence-electron chi connectivity index (χ1n) is 10.2. The Morgan fingerprint density at radius 2 is 1.90 bits per heavy atom. The number of nitrogens with zero attached hydrogens (tertiary/aromatic N) is 3. The zero-order chi connectivity index (χ0) is 21.4. The monoisotopic (exact) mass is 429 g/mol. The number of thiophene rings is 1. The second kappa shape index (κ2) is 8.09. The lowest BCUT2D eigenvalue weighted by molar-refractivity contribution is 0.122. The lowest BCUT2D eigenvalue weighted by atomic mass is 10.1. The molecule has 2 aromatic heterocycles. The first-order valence-corrected chi connectivity index (χ1v) is 11.1. The van der Waals surface area contributed by atoms with Crippen molar-refractivity contribution in [3.8, 4) is 21.8 Å². The molecule has 0 spiro atoms. The predicted molar refractivity (Wildman–Crippen MR) is 128 cm³/mol. The normalized spacial score (nSPS) is 14.2. The highest BCUT2D eigenvalue weighted by molar-refractivity contribution is 7.22. The molecular formula is C24H23N5OS. The summed E-state index contributed by atoms with van der Waals surface area (Å²) < 4.78 is 6.63. The maximum Gasteiger partial charge on any atom is 0.162 e. The quantitative estimate of drug-likeness (QED) is 0.361. The van der Waals surface area contributed by atoms with Crippen LogP contribution in [0.15, 0.2) is 48.5 Å². The molecule has 1 aliphatic rings. The van der Waals surface area contributed by atoms with Crippen molar-refractivity contribution in [3.05, 3.63) is 59.7 Å². The molecule has 7 heteroatoms. The van der Waals surface area contributed by atoms with Gasteiger partial charge in [-0.05, 0) is 24.6 Å². The maximum absolute atomic E-state index is 7.84. The number of fused-ring (bicyclic) bond motifs is 1. The molecule has 5 rings (SSSR count). The van der Waals surface area contributed by atoms with Gasteiger partial charge in [0.1, 0.15) is 0 Å². The van der Waals surface area contributed by atoms with E-state index in [1.165, 1.54) is 22.2 Å². The van der Waals surface area contributed by atoms with E-state index in [1.54, 1.807) is 17.4 Å². The van der Waals surface area contributed by atoms with Crippen LogP contribution in [0.1, 0.15) is 11.1 Å². The van der Waals surface area contributed by atoms with Crippen molar-refractivity contribution in [1.29, 1.82) is 5.41 Å². The number of benzene rings is 2. The van der Waals surface area contributed by atoms with Crippen molar-refractivity contribution in [1.82, 2.24) is 9.97 Å². The molecule has 0 bridgehead atoms. The number of nitrogens with two attached hydrogens (primary N) is 1. The third-order valence-electron chi connectivity index (χ3n) is 5.49. The number of nitrogens with one attached hydrogen (secondary N) is 1. The Balaban J connectivity index is 1.73. The molecular weight excluding hydrogens is 406 g/mol. The highest BCUT2D eigenvalue weighted by Gasteiger charge is 2.21. The van der Waals surface area contributed by atoms with E-state index in [2.05, 4.69) is 42.2 Å². The van der Waals surface area contributed by atoms with Gasteiger partial charge in [-0.15, -0.1) is 11.3 Å². The Morgan fingerprint density at radius 3 is 2.68 bits per heavy atom. The van der Waals surface area contributed by atoms with Gasteiger partial charge in [0.15, 0.2) is 11.6 Å². The Morgan fingerprint density at radius 1 is 1.10 bits per heavy atom. The Labute approximate surface area is 184 Å². The van der Waals surface area contributed by atoms with Gasteiger partial charge in [0, 0.05) is 41.0 Å². The SMILES string of the molecule is Cc1cccc(-c2cc3nc(-c4cccc(N)c4C=N)nc(N4CCOCC4)c3s2)c1. The van der Waals surface area contributed by atoms with Gasteiger partial charge in [0.25, 0.3) is 0 Å². The van der Waals surface area contributed by atoms with Crippen LogP contribution in [0.5, 0.6) is 0 Å². The summed E-state index contributed by atoms with van der Waals surface area (Å²) >= 11 is 1.72. The van der Waals surface area contributed by atoms with E-state index in [0.29, 0.717) is 30.3 Å². The first kappa shape index (κ1) is 19.7. The van der Waals surface area contributed by atoms with Crippen molar-refractivity contribution >= 4 is 39.3 Å². The van der Waals surface area contributed by atoms with Crippen LogP contribution >= 0.6 is 11.3 Å². The summed E-state index contributed by atoms with van der Waals surface area (Å²) in [5, 5.41) is 7.84. The van der Waals surface area contributed by atoms with Crippen LogP contribution in [0.4, 0.5) is 11.5 Å². The third-order valence-corrected chi connectivity index (χ3v) is 6.66. The molecule has 1 saturated heterocycles. The van der Waals surface area contributed by atoms with Crippen LogP contribution in [-0.4, -0.2) is 42.5 Å². The number of hydrogen-bond donors (Lipinski definition) is 2. The highest BCUT2D eigenvalue weighted by atomic mass is 32.1. The molecule has 6 nitrogen and oxygen atoms in total. The molecule has 0 saturated carbocycles. The summed E-state index contributed by atoms with van der Waals surface area (Å²) in [6.07, 6.45) is 1.28. The molecule has 1 aliphatic heterocycles. The molecule has 0 amide bonds. The predicted octanol–water partition coefficient (Wildman–Crippen LogP) is 4.75. The zero-order valence-electron chi connectivity index (χ0n) is 17.3. The van der Waals surface area contributed by atoms with Gasteiger partial charge in [0.2, 0.25) is 0 Å². The van der Waals surface area contributed by atoms with E-state index >= 15 is 0 Å². The number of hydrogen-bond acceptors (Lipinski definition) is 7. The van der Waals surface area contributed by atoms with Gasteiger partial charge < -0.3 is 20.8 Å². The molecule has 1 fully saturated rings. The summed E-state index contributed by atoms with van der Waals surface area (Å²) in [4.78, 5) is 13.3. The molecule has 31 heavy (non-hydrogen) atoms. The van der Waals surface area contributed by atoms with E-state index in [9.17, 15) is 0 Å². The standard InChI is InChI=1S/C24H23N5OS/c1-15-4-2-5-16(12-15)21-13-20-22(31-21)24(29-8-10-30-11-9-29)28-23(27-20)17-6-3-7-19(26)18(17)14-25/h2-7,12-14,25H,8-11,26H2,1H3. The minimum absolute atomic E-state index is 0.551. The number of rotatable bonds is 4. The maximum atomic E-state index is 7.84. The summed E-state index contributed by atoms with van der Waals surface area (Å²) in [6.45, 7) is 5.05. The fourth-order valence-electron chi connectivity index (χ4n) is 3.90. The van der Waals surface area contributed by atoms with E-state index < -0.39 is 0 Å². The van der Waals surface area contributed by atoms with Gasteiger partial charge >= 0.3 is 0 Å². The van der Waals surface area contributed by atoms with Crippen LogP contribution in [0.25, 0.3) is 32.0 Å². The van der Waals surface area contributed by atoms with Gasteiger partial charge in [-0.1, -0.05) is 42.0 Å². The summed E-state index contributed by atoms with van der Waals surface area (Å²) in [5.41, 5.74) is 11.4. The fourth-order valence-corrected chi connectivity index (χ4v) is 5.01. The zero-order valence-corrected chi connectivity index (χ0v) is 18.1. The lowest BCUT2D eigenvalue weighted by Crippen LogP contribution is -2.36. The van der Waals surface area contributed by atoms with Crippen molar-refractivity contribution in [2.45, 2.75) is 6.92 Å². The Kier molecular flexibility index (Phi) is 5.13. The summed E-state index contributed by atoms with van der Waals surface area (Å²) in [6, 6.07) is 16.3. The van der Waals surface area contributed by atoms with Crippen molar-refractivity contribution < 1.29 is 4.74 Å². The van der Waals surface area contributed by atoms with Crippen LogP contribution < -0.4 is 10.6 Å². The lowest BCUT2D eigenvalue weighted by Gasteiger charge is -2.28. The average Bonchev–Trinajstić information content (AvgIpc) is 3.23. The molecule has 0 unspecified atom stereocenters. The number of aryl methyl sites for hydroxylation is 1. The van der Waals surface area contributed by atoms with Crippen LogP contribution in [0.3, 0.4) is 0 Å². The minimum atomic E-state index is 0.551. The highest BCUT2D eigenvalue weighted by Crippen LogP contribution is 2.39. The first-order chi connectivity index (χ1) is 15.1. The fraction of sp³-hybridized carbons (Fsp3) is 0.208. The van der Waals surface area contributed by atoms with Crippen molar-refractivity contribution in [2.24, 2.45) is 0 Å². The number of ether oxygens (including phenoxy) is 1. The van der Waals surface area contributed by atoms with Gasteiger partial charge in [0.05, 0.1) is 23.4 Å². The van der Waals surface area contributed by atoms with E-state index in [1.807, 2.05) is 12.1 Å². The van der Waals surface area contributed by atoms with Crippen molar-refractivity contribution in [3.63, 3.8) is 0 Å². The second-order valence-corrected chi connectivity index (χ2v) is 8.67. The number of aromatic nitrogens is 2. The van der Waals surface area contributed by atoms with E-state index in [4.69, 9.17) is 25.8 Å². The molecule has 3 heterocycles. The number of nitrogen functional groups attached to an aromatic ring is 1. The Bertz CT molecular complexity index is 1280. The van der Waals surface area contributed by atoms with E-state index in [0.717, 1.165) is 34.7 Å². The molecule has 4 aromatic rings. The molecule has 3 N–H and O–H groups in total. The molecule has 156 valence electrons. The van der Waals surface area contributed by atoms with Crippen LogP contribution in [0, 0.1) is 12.3 Å². The summed E-state index contributed by atoms with van der Waals surface area (Å²) in [7, 11) is 0. The van der Waals surface area contributed by atoms with Gasteiger partial charge in [-0.2, -0.15) is 0 Å². The molecule has 0 atom stereocenters. The average molecular weight is 430 g/mol.